The van der Waals surface area contributed by atoms with E-state index in [1.54, 1.807) is 10.8 Å². The predicted molar refractivity (Wildman–Crippen MR) is 121 cm³/mol. The van der Waals surface area contributed by atoms with E-state index in [1.807, 2.05) is 4.57 Å². The van der Waals surface area contributed by atoms with Crippen molar-refractivity contribution in [2.24, 2.45) is 0 Å². The largest absolute Gasteiger partial charge is 0.404 e. The third-order valence-corrected chi connectivity index (χ3v) is 7.90. The summed E-state index contributed by atoms with van der Waals surface area (Å²) >= 11 is 6.13. The lowest BCUT2D eigenvalue weighted by Crippen LogP contribution is -2.43. The fourth-order valence-corrected chi connectivity index (χ4v) is 5.92. The summed E-state index contributed by atoms with van der Waals surface area (Å²) in [6.07, 6.45) is 1.61. The lowest BCUT2D eigenvalue weighted by molar-refractivity contribution is -0.147. The quantitative estimate of drug-likeness (QED) is 0.502. The number of nitriles is 1. The second-order valence-corrected chi connectivity index (χ2v) is 10.5. The van der Waals surface area contributed by atoms with Crippen LogP contribution in [0.5, 0.6) is 0 Å². The zero-order valence-corrected chi connectivity index (χ0v) is 19.9. The van der Waals surface area contributed by atoms with E-state index in [-0.39, 0.29) is 16.5 Å². The molecule has 12 heteroatoms. The predicted octanol–water partition coefficient (Wildman–Crippen LogP) is 5.28. The van der Waals surface area contributed by atoms with Gasteiger partial charge in [-0.2, -0.15) is 23.2 Å². The summed E-state index contributed by atoms with van der Waals surface area (Å²) in [7, 11) is -4.48. The van der Waals surface area contributed by atoms with Gasteiger partial charge >= 0.3 is 6.18 Å². The molecule has 0 saturated heterocycles. The minimum Gasteiger partial charge on any atom is -0.320 e. The highest BCUT2D eigenvalue weighted by Crippen LogP contribution is 2.41. The number of aromatic nitrogens is 3. The third-order valence-electron chi connectivity index (χ3n) is 6.03. The SMILES string of the molecule is Cc1cc(-c2c(C#N)c3cc(Cl)cnc3n2C2CCCC2)ncc1S(=O)(=O)N[C@@H](C)C(F)(F)F. The lowest BCUT2D eigenvalue weighted by atomic mass is 10.1. The Hall–Kier alpha value is -2.68. The van der Waals surface area contributed by atoms with Crippen LogP contribution in [0.2, 0.25) is 5.02 Å². The Morgan fingerprint density at radius 2 is 1.91 bits per heavy atom. The van der Waals surface area contributed by atoms with E-state index in [0.29, 0.717) is 33.0 Å². The van der Waals surface area contributed by atoms with Crippen molar-refractivity contribution >= 4 is 32.7 Å². The van der Waals surface area contributed by atoms with E-state index >= 15 is 0 Å². The number of rotatable bonds is 5. The molecule has 0 spiro atoms. The first-order valence-corrected chi connectivity index (χ1v) is 12.5. The van der Waals surface area contributed by atoms with Crippen LogP contribution in [0.1, 0.15) is 49.8 Å². The Morgan fingerprint density at radius 3 is 2.50 bits per heavy atom. The van der Waals surface area contributed by atoms with Crippen LogP contribution >= 0.6 is 11.6 Å². The van der Waals surface area contributed by atoms with Gasteiger partial charge in [0.1, 0.15) is 22.7 Å². The van der Waals surface area contributed by atoms with E-state index in [2.05, 4.69) is 16.0 Å². The number of alkyl halides is 3. The molecule has 1 atom stereocenters. The first kappa shape index (κ1) is 24.4. The number of aryl methyl sites for hydroxylation is 1. The van der Waals surface area contributed by atoms with Crippen LogP contribution in [0, 0.1) is 18.3 Å². The molecule has 1 fully saturated rings. The highest BCUT2D eigenvalue weighted by molar-refractivity contribution is 7.89. The Morgan fingerprint density at radius 1 is 1.24 bits per heavy atom. The highest BCUT2D eigenvalue weighted by atomic mass is 35.5. The zero-order chi connectivity index (χ0) is 24.8. The van der Waals surface area contributed by atoms with Gasteiger partial charge in [-0.3, -0.25) is 4.98 Å². The van der Waals surface area contributed by atoms with Gasteiger partial charge in [-0.15, -0.1) is 0 Å². The molecule has 3 aromatic heterocycles. The fraction of sp³-hybridized carbons (Fsp3) is 0.409. The molecular formula is C22H21ClF3N5O2S. The van der Waals surface area contributed by atoms with E-state index in [9.17, 15) is 26.9 Å². The van der Waals surface area contributed by atoms with Gasteiger partial charge in [0.25, 0.3) is 0 Å². The van der Waals surface area contributed by atoms with E-state index in [0.717, 1.165) is 38.8 Å². The van der Waals surface area contributed by atoms with Gasteiger partial charge in [-0.1, -0.05) is 24.4 Å². The molecule has 0 unspecified atom stereocenters. The van der Waals surface area contributed by atoms with Crippen molar-refractivity contribution in [2.75, 3.05) is 0 Å². The number of hydrogen-bond donors (Lipinski definition) is 1. The summed E-state index contributed by atoms with van der Waals surface area (Å²) in [5.74, 6) is 0. The molecule has 180 valence electrons. The lowest BCUT2D eigenvalue weighted by Gasteiger charge is -2.19. The average Bonchev–Trinajstić information content (AvgIpc) is 3.37. The first-order valence-electron chi connectivity index (χ1n) is 10.6. The molecule has 1 aliphatic carbocycles. The van der Waals surface area contributed by atoms with E-state index in [1.165, 1.54) is 19.2 Å². The van der Waals surface area contributed by atoms with Gasteiger partial charge in [-0.25, -0.2) is 13.4 Å². The Bertz CT molecular complexity index is 1410. The molecule has 0 amide bonds. The Labute approximate surface area is 199 Å². The maximum absolute atomic E-state index is 12.9. The van der Waals surface area contributed by atoms with Crippen molar-refractivity contribution in [3.63, 3.8) is 0 Å². The molecule has 0 radical (unpaired) electrons. The first-order chi connectivity index (χ1) is 15.9. The van der Waals surface area contributed by atoms with Crippen molar-refractivity contribution in [2.45, 2.75) is 62.7 Å². The molecule has 7 nitrogen and oxygen atoms in total. The van der Waals surface area contributed by atoms with Gasteiger partial charge in [0.2, 0.25) is 10.0 Å². The molecule has 3 heterocycles. The number of nitrogens with one attached hydrogen (secondary N) is 1. The van der Waals surface area contributed by atoms with Gasteiger partial charge in [0.05, 0.1) is 22.0 Å². The zero-order valence-electron chi connectivity index (χ0n) is 18.3. The summed E-state index contributed by atoms with van der Waals surface area (Å²) in [5.41, 5.74) is 1.91. The molecule has 0 aliphatic heterocycles. The van der Waals surface area contributed by atoms with Crippen molar-refractivity contribution in [1.82, 2.24) is 19.3 Å². The Kier molecular flexibility index (Phi) is 6.35. The van der Waals surface area contributed by atoms with Crippen LogP contribution in [0.15, 0.2) is 29.4 Å². The minimum atomic E-state index is -4.73. The monoisotopic (exact) mass is 511 g/mol. The summed E-state index contributed by atoms with van der Waals surface area (Å²) in [5, 5.41) is 10.9. The number of sulfonamides is 1. The Balaban J connectivity index is 1.87. The number of halogens is 4. The number of nitrogens with zero attached hydrogens (tertiary/aromatic N) is 4. The van der Waals surface area contributed by atoms with Crippen LogP contribution in [0.4, 0.5) is 13.2 Å². The van der Waals surface area contributed by atoms with Crippen molar-refractivity contribution < 1.29 is 21.6 Å². The third kappa shape index (κ3) is 4.37. The van der Waals surface area contributed by atoms with Gasteiger partial charge in [0.15, 0.2) is 0 Å². The maximum Gasteiger partial charge on any atom is 0.404 e. The average molecular weight is 512 g/mol. The summed E-state index contributed by atoms with van der Waals surface area (Å²) in [6, 6.07) is 3.14. The summed E-state index contributed by atoms with van der Waals surface area (Å²) in [6.45, 7) is 2.20. The van der Waals surface area contributed by atoms with Gasteiger partial charge in [0, 0.05) is 23.8 Å². The molecule has 1 saturated carbocycles. The highest BCUT2D eigenvalue weighted by Gasteiger charge is 2.39. The normalized spacial score (nSPS) is 16.1. The van der Waals surface area contributed by atoms with Crippen molar-refractivity contribution in [1.29, 1.82) is 5.26 Å². The topological polar surface area (TPSA) is 101 Å². The van der Waals surface area contributed by atoms with Gasteiger partial charge in [-0.05, 0) is 44.4 Å². The molecule has 3 aromatic rings. The molecule has 34 heavy (non-hydrogen) atoms. The standard InChI is InChI=1S/C22H21ClF3N5O2S/c1-12-7-18(28-11-19(12)34(32,33)30-13(2)22(24,25)26)20-17(9-27)16-8-14(23)10-29-21(16)31(20)15-5-3-4-6-15/h7-8,10-11,13,15,30H,3-6H2,1-2H3/t13-/m0/s1. The van der Waals surface area contributed by atoms with Crippen LogP contribution in [-0.2, 0) is 10.0 Å². The smallest absolute Gasteiger partial charge is 0.320 e. The maximum atomic E-state index is 12.9. The molecular weight excluding hydrogens is 491 g/mol. The number of hydrogen-bond acceptors (Lipinski definition) is 5. The number of pyridine rings is 2. The molecule has 1 aliphatic rings. The van der Waals surface area contributed by atoms with Crippen molar-refractivity contribution in [3.05, 3.63) is 40.7 Å². The van der Waals surface area contributed by atoms with Crippen molar-refractivity contribution in [3.8, 4) is 17.5 Å². The molecule has 0 bridgehead atoms. The fourth-order valence-electron chi connectivity index (χ4n) is 4.36. The van der Waals surface area contributed by atoms with Gasteiger partial charge < -0.3 is 4.57 Å². The summed E-state index contributed by atoms with van der Waals surface area (Å²) in [4.78, 5) is 8.36. The van der Waals surface area contributed by atoms with E-state index < -0.39 is 22.2 Å². The molecule has 0 aromatic carbocycles. The minimum absolute atomic E-state index is 0.0769. The number of fused-ring (bicyclic) bond motifs is 1. The summed E-state index contributed by atoms with van der Waals surface area (Å²) < 4.78 is 67.5. The second kappa shape index (κ2) is 8.83. The van der Waals surface area contributed by atoms with E-state index in [4.69, 9.17) is 11.6 Å². The van der Waals surface area contributed by atoms with Crippen LogP contribution in [0.3, 0.4) is 0 Å². The molecule has 4 rings (SSSR count). The second-order valence-electron chi connectivity index (χ2n) is 8.39. The van der Waals surface area contributed by atoms with Crippen LogP contribution < -0.4 is 4.72 Å². The van der Waals surface area contributed by atoms with Crippen LogP contribution in [-0.4, -0.2) is 35.2 Å². The molecule has 1 N–H and O–H groups in total. The van der Waals surface area contributed by atoms with Crippen LogP contribution in [0.25, 0.3) is 22.4 Å².